The average molecular weight is 477 g/mol. The van der Waals surface area contributed by atoms with Gasteiger partial charge in [0.05, 0.1) is 0 Å². The van der Waals surface area contributed by atoms with Crippen molar-refractivity contribution in [2.75, 3.05) is 25.0 Å². The molecule has 0 radical (unpaired) electrons. The van der Waals surface area contributed by atoms with E-state index in [4.69, 9.17) is 16.3 Å². The lowest BCUT2D eigenvalue weighted by Crippen LogP contribution is -2.37. The molecule has 3 aromatic carbocycles. The smallest absolute Gasteiger partial charge is 0.226 e. The molecule has 0 bridgehead atoms. The lowest BCUT2D eigenvalue weighted by molar-refractivity contribution is -0.118. The molecular weight excluding hydrogens is 444 g/mol. The first-order valence-electron chi connectivity index (χ1n) is 12.1. The minimum atomic E-state index is -0.0641. The van der Waals surface area contributed by atoms with Gasteiger partial charge in [0, 0.05) is 23.2 Å². The number of piperidine rings is 1. The number of amides is 1. The number of hydrogen-bond acceptors (Lipinski definition) is 3. The molecule has 1 saturated heterocycles. The Labute approximate surface area is 207 Å². The zero-order valence-corrected chi connectivity index (χ0v) is 20.7. The summed E-state index contributed by atoms with van der Waals surface area (Å²) in [6, 6.07) is 26.3. The van der Waals surface area contributed by atoms with Gasteiger partial charge in [0.1, 0.15) is 11.9 Å². The Morgan fingerprint density at radius 3 is 2.44 bits per heavy atom. The van der Waals surface area contributed by atoms with Crippen LogP contribution in [0.5, 0.6) is 5.75 Å². The Balaban J connectivity index is 1.39. The maximum atomic E-state index is 12.1. The molecule has 0 saturated carbocycles. The highest BCUT2D eigenvalue weighted by molar-refractivity contribution is 6.30. The second-order valence-corrected chi connectivity index (χ2v) is 9.76. The number of carbonyl (C=O) groups excluding carboxylic acids is 1. The predicted octanol–water partition coefficient (Wildman–Crippen LogP) is 6.93. The monoisotopic (exact) mass is 476 g/mol. The highest BCUT2D eigenvalue weighted by atomic mass is 35.5. The summed E-state index contributed by atoms with van der Waals surface area (Å²) >= 11 is 6.18. The van der Waals surface area contributed by atoms with E-state index in [0.717, 1.165) is 49.5 Å². The highest BCUT2D eigenvalue weighted by Crippen LogP contribution is 2.32. The molecule has 3 aromatic rings. The van der Waals surface area contributed by atoms with Gasteiger partial charge < -0.3 is 10.1 Å². The molecule has 4 nitrogen and oxygen atoms in total. The maximum absolute atomic E-state index is 12.1. The van der Waals surface area contributed by atoms with Gasteiger partial charge in [-0.3, -0.25) is 9.69 Å². The molecule has 1 aliphatic heterocycles. The second-order valence-electron chi connectivity index (χ2n) is 9.32. The van der Waals surface area contributed by atoms with E-state index in [9.17, 15) is 4.79 Å². The van der Waals surface area contributed by atoms with Crippen molar-refractivity contribution in [3.8, 4) is 5.75 Å². The molecule has 1 atom stereocenters. The predicted molar refractivity (Wildman–Crippen MR) is 140 cm³/mol. The SMILES string of the molecule is CC(C)C(=O)Nc1cccc(C2CCN(C[C@H](Oc3cccc(Cl)c3)c3ccccc3)CC2)c1. The van der Waals surface area contributed by atoms with Crippen molar-refractivity contribution >= 4 is 23.2 Å². The number of nitrogens with one attached hydrogen (secondary N) is 1. The molecule has 0 spiro atoms. The van der Waals surface area contributed by atoms with Gasteiger partial charge in [0.25, 0.3) is 0 Å². The summed E-state index contributed by atoms with van der Waals surface area (Å²) in [7, 11) is 0. The lowest BCUT2D eigenvalue weighted by atomic mass is 9.89. The van der Waals surface area contributed by atoms with Crippen molar-refractivity contribution in [3.05, 3.63) is 95.0 Å². The van der Waals surface area contributed by atoms with Gasteiger partial charge in [-0.15, -0.1) is 0 Å². The number of anilines is 1. The molecule has 1 heterocycles. The summed E-state index contributed by atoms with van der Waals surface area (Å²) in [5, 5.41) is 3.70. The van der Waals surface area contributed by atoms with Crippen LogP contribution < -0.4 is 10.1 Å². The van der Waals surface area contributed by atoms with Crippen LogP contribution >= 0.6 is 11.6 Å². The zero-order valence-electron chi connectivity index (χ0n) is 19.9. The van der Waals surface area contributed by atoms with Crippen molar-refractivity contribution in [2.24, 2.45) is 5.92 Å². The van der Waals surface area contributed by atoms with E-state index in [0.29, 0.717) is 10.9 Å². The van der Waals surface area contributed by atoms with Crippen molar-refractivity contribution in [1.82, 2.24) is 4.90 Å². The number of carbonyl (C=O) groups is 1. The summed E-state index contributed by atoms with van der Waals surface area (Å²) in [5.41, 5.74) is 3.35. The van der Waals surface area contributed by atoms with Gasteiger partial charge in [0.2, 0.25) is 5.91 Å². The summed E-state index contributed by atoms with van der Waals surface area (Å²) in [4.78, 5) is 14.6. The number of likely N-dealkylation sites (tertiary alicyclic amines) is 1. The fraction of sp³-hybridized carbons (Fsp3) is 0.345. The fourth-order valence-corrected chi connectivity index (χ4v) is 4.60. The van der Waals surface area contributed by atoms with Gasteiger partial charge in [-0.2, -0.15) is 0 Å². The molecule has 4 rings (SSSR count). The van der Waals surface area contributed by atoms with Gasteiger partial charge in [0.15, 0.2) is 0 Å². The fourth-order valence-electron chi connectivity index (χ4n) is 4.42. The summed E-state index contributed by atoms with van der Waals surface area (Å²) in [6.07, 6.45) is 2.10. The lowest BCUT2D eigenvalue weighted by Gasteiger charge is -2.34. The Kier molecular flexibility index (Phi) is 8.25. The number of halogens is 1. The van der Waals surface area contributed by atoms with Crippen LogP contribution in [0.4, 0.5) is 5.69 Å². The Hall–Kier alpha value is -2.82. The van der Waals surface area contributed by atoms with Crippen LogP contribution in [-0.4, -0.2) is 30.4 Å². The number of nitrogens with zero attached hydrogens (tertiary/aromatic N) is 1. The second kappa shape index (κ2) is 11.5. The Morgan fingerprint density at radius 2 is 1.74 bits per heavy atom. The van der Waals surface area contributed by atoms with Crippen LogP contribution in [0.3, 0.4) is 0 Å². The first-order valence-corrected chi connectivity index (χ1v) is 12.5. The van der Waals surface area contributed by atoms with E-state index >= 15 is 0 Å². The molecule has 0 aromatic heterocycles. The van der Waals surface area contributed by atoms with Crippen LogP contribution in [0.2, 0.25) is 5.02 Å². The number of hydrogen-bond donors (Lipinski definition) is 1. The number of ether oxygens (including phenoxy) is 1. The Bertz CT molecular complexity index is 1080. The zero-order chi connectivity index (χ0) is 23.9. The van der Waals surface area contributed by atoms with Crippen LogP contribution in [-0.2, 0) is 4.79 Å². The van der Waals surface area contributed by atoms with E-state index in [2.05, 4.69) is 46.6 Å². The van der Waals surface area contributed by atoms with Crippen LogP contribution in [0, 0.1) is 5.92 Å². The van der Waals surface area contributed by atoms with Gasteiger partial charge >= 0.3 is 0 Å². The Morgan fingerprint density at radius 1 is 1.00 bits per heavy atom. The molecule has 1 amide bonds. The quantitative estimate of drug-likeness (QED) is 0.383. The third kappa shape index (κ3) is 6.62. The molecule has 0 aliphatic carbocycles. The van der Waals surface area contributed by atoms with Crippen LogP contribution in [0.25, 0.3) is 0 Å². The molecule has 5 heteroatoms. The van der Waals surface area contributed by atoms with E-state index in [-0.39, 0.29) is 17.9 Å². The summed E-state index contributed by atoms with van der Waals surface area (Å²) in [5.74, 6) is 1.31. The molecule has 1 fully saturated rings. The summed E-state index contributed by atoms with van der Waals surface area (Å²) in [6.45, 7) is 6.67. The van der Waals surface area contributed by atoms with Crippen LogP contribution in [0.1, 0.15) is 49.8 Å². The van der Waals surface area contributed by atoms with E-state index in [1.807, 2.05) is 56.3 Å². The van der Waals surface area contributed by atoms with Crippen LogP contribution in [0.15, 0.2) is 78.9 Å². The minimum Gasteiger partial charge on any atom is -0.484 e. The minimum absolute atomic E-state index is 0.0291. The average Bonchev–Trinajstić information content (AvgIpc) is 2.85. The molecule has 34 heavy (non-hydrogen) atoms. The largest absolute Gasteiger partial charge is 0.484 e. The van der Waals surface area contributed by atoms with Gasteiger partial charge in [-0.1, -0.05) is 74.0 Å². The van der Waals surface area contributed by atoms with Crippen molar-refractivity contribution in [1.29, 1.82) is 0 Å². The van der Waals surface area contributed by atoms with E-state index in [1.165, 1.54) is 5.56 Å². The van der Waals surface area contributed by atoms with E-state index in [1.54, 1.807) is 0 Å². The van der Waals surface area contributed by atoms with Crippen molar-refractivity contribution in [2.45, 2.75) is 38.7 Å². The first-order chi connectivity index (χ1) is 16.5. The molecule has 1 aliphatic rings. The number of benzene rings is 3. The third-order valence-corrected chi connectivity index (χ3v) is 6.64. The normalized spacial score (nSPS) is 15.8. The third-order valence-electron chi connectivity index (χ3n) is 6.41. The number of rotatable bonds is 8. The highest BCUT2D eigenvalue weighted by Gasteiger charge is 2.25. The topological polar surface area (TPSA) is 41.6 Å². The van der Waals surface area contributed by atoms with Gasteiger partial charge in [-0.25, -0.2) is 0 Å². The van der Waals surface area contributed by atoms with Gasteiger partial charge in [-0.05, 0) is 73.3 Å². The molecule has 0 unspecified atom stereocenters. The van der Waals surface area contributed by atoms with Crippen molar-refractivity contribution in [3.63, 3.8) is 0 Å². The van der Waals surface area contributed by atoms with Crippen molar-refractivity contribution < 1.29 is 9.53 Å². The summed E-state index contributed by atoms with van der Waals surface area (Å²) < 4.78 is 6.40. The van der Waals surface area contributed by atoms with E-state index < -0.39 is 0 Å². The standard InChI is InChI=1S/C29H33ClN2O2/c1-21(2)29(33)31-26-12-6-10-24(18-26)22-14-16-32(17-15-22)20-28(23-8-4-3-5-9-23)34-27-13-7-11-25(30)19-27/h3-13,18-19,21-22,28H,14-17,20H2,1-2H3,(H,31,33)/t28-/m0/s1. The molecule has 178 valence electrons. The molecule has 1 N–H and O–H groups in total. The first kappa shape index (κ1) is 24.3. The molecular formula is C29H33ClN2O2. The maximum Gasteiger partial charge on any atom is 0.226 e.